The summed E-state index contributed by atoms with van der Waals surface area (Å²) in [5, 5.41) is 0. The van der Waals surface area contributed by atoms with Gasteiger partial charge in [-0.2, -0.15) is 0 Å². The molecule has 1 aromatic rings. The average molecular weight is 226 g/mol. The molecule has 0 atom stereocenters. The molecule has 1 rings (SSSR count). The topological polar surface area (TPSA) is 20.3 Å². The second-order valence-electron chi connectivity index (χ2n) is 3.27. The molecule has 15 heavy (non-hydrogen) atoms. The number of carbonyl (C=O) groups excluding carboxylic acids is 1. The molecule has 0 aromatic heterocycles. The van der Waals surface area contributed by atoms with E-state index in [4.69, 9.17) is 11.6 Å². The Kier molecular flexibility index (Phi) is 5.19. The van der Waals surface area contributed by atoms with Gasteiger partial charge in [-0.15, -0.1) is 11.6 Å². The van der Waals surface area contributed by atoms with Crippen molar-refractivity contribution in [2.24, 2.45) is 0 Å². The standard InChI is InChI=1S/C12H16ClNO/c1-2-14(12(15)9-6-10-13)11-7-4-3-5-8-11/h3-5,7-8H,2,6,9-10H2,1H3. The lowest BCUT2D eigenvalue weighted by Crippen LogP contribution is -2.30. The van der Waals surface area contributed by atoms with Crippen molar-refractivity contribution in [1.29, 1.82) is 0 Å². The average Bonchev–Trinajstić information content (AvgIpc) is 2.29. The molecule has 0 saturated carbocycles. The van der Waals surface area contributed by atoms with Gasteiger partial charge in [0, 0.05) is 24.5 Å². The molecule has 0 aliphatic heterocycles. The summed E-state index contributed by atoms with van der Waals surface area (Å²) >= 11 is 5.57. The monoisotopic (exact) mass is 225 g/mol. The molecule has 0 fully saturated rings. The fraction of sp³-hybridized carbons (Fsp3) is 0.417. The van der Waals surface area contributed by atoms with Crippen LogP contribution in [0.15, 0.2) is 30.3 Å². The van der Waals surface area contributed by atoms with Crippen LogP contribution in [-0.4, -0.2) is 18.3 Å². The van der Waals surface area contributed by atoms with E-state index in [9.17, 15) is 4.79 Å². The summed E-state index contributed by atoms with van der Waals surface area (Å²) in [4.78, 5) is 13.6. The number of nitrogens with zero attached hydrogens (tertiary/aromatic N) is 1. The van der Waals surface area contributed by atoms with Crippen LogP contribution in [0.2, 0.25) is 0 Å². The van der Waals surface area contributed by atoms with Gasteiger partial charge in [-0.3, -0.25) is 4.79 Å². The lowest BCUT2D eigenvalue weighted by atomic mass is 10.2. The number of carbonyl (C=O) groups is 1. The van der Waals surface area contributed by atoms with Crippen molar-refractivity contribution in [3.63, 3.8) is 0 Å². The maximum Gasteiger partial charge on any atom is 0.227 e. The van der Waals surface area contributed by atoms with Gasteiger partial charge in [0.1, 0.15) is 0 Å². The Morgan fingerprint density at radius 1 is 1.33 bits per heavy atom. The first kappa shape index (κ1) is 12.1. The molecule has 0 unspecified atom stereocenters. The van der Waals surface area contributed by atoms with Crippen molar-refractivity contribution in [3.05, 3.63) is 30.3 Å². The molecule has 1 aromatic carbocycles. The third-order valence-corrected chi connectivity index (χ3v) is 2.48. The Hall–Kier alpha value is -1.02. The van der Waals surface area contributed by atoms with Gasteiger partial charge in [-0.05, 0) is 25.5 Å². The van der Waals surface area contributed by atoms with Gasteiger partial charge in [0.25, 0.3) is 0 Å². The number of alkyl halides is 1. The predicted molar refractivity (Wildman–Crippen MR) is 64.4 cm³/mol. The minimum absolute atomic E-state index is 0.143. The molecule has 82 valence electrons. The summed E-state index contributed by atoms with van der Waals surface area (Å²) in [6, 6.07) is 9.71. The van der Waals surface area contributed by atoms with E-state index in [1.807, 2.05) is 37.3 Å². The Bertz CT molecular complexity index is 300. The first-order valence-electron chi connectivity index (χ1n) is 5.21. The zero-order valence-electron chi connectivity index (χ0n) is 8.95. The number of amides is 1. The normalized spacial score (nSPS) is 10.0. The maximum absolute atomic E-state index is 11.8. The quantitative estimate of drug-likeness (QED) is 0.706. The molecular weight excluding hydrogens is 210 g/mol. The molecule has 1 amide bonds. The summed E-state index contributed by atoms with van der Waals surface area (Å²) in [6.07, 6.45) is 1.26. The number of anilines is 1. The highest BCUT2D eigenvalue weighted by Gasteiger charge is 2.12. The van der Waals surface area contributed by atoms with Gasteiger partial charge < -0.3 is 4.90 Å². The number of halogens is 1. The zero-order valence-corrected chi connectivity index (χ0v) is 9.70. The SMILES string of the molecule is CCN(C(=O)CCCCl)c1ccccc1. The van der Waals surface area contributed by atoms with Crippen molar-refractivity contribution in [2.45, 2.75) is 19.8 Å². The van der Waals surface area contributed by atoms with Gasteiger partial charge in [-0.25, -0.2) is 0 Å². The lowest BCUT2D eigenvalue weighted by Gasteiger charge is -2.20. The highest BCUT2D eigenvalue weighted by molar-refractivity contribution is 6.18. The van der Waals surface area contributed by atoms with Gasteiger partial charge in [0.2, 0.25) is 5.91 Å². The van der Waals surface area contributed by atoms with Crippen molar-refractivity contribution < 1.29 is 4.79 Å². The van der Waals surface area contributed by atoms with E-state index in [1.165, 1.54) is 0 Å². The summed E-state index contributed by atoms with van der Waals surface area (Å²) in [6.45, 7) is 2.68. The van der Waals surface area contributed by atoms with Crippen molar-refractivity contribution in [2.75, 3.05) is 17.3 Å². The minimum atomic E-state index is 0.143. The van der Waals surface area contributed by atoms with Crippen LogP contribution in [-0.2, 0) is 4.79 Å². The van der Waals surface area contributed by atoms with Gasteiger partial charge in [-0.1, -0.05) is 18.2 Å². The Labute approximate surface area is 95.8 Å². The fourth-order valence-electron chi connectivity index (χ4n) is 1.46. The molecule has 0 saturated heterocycles. The molecule has 0 spiro atoms. The van der Waals surface area contributed by atoms with Crippen molar-refractivity contribution in [1.82, 2.24) is 0 Å². The van der Waals surface area contributed by atoms with E-state index < -0.39 is 0 Å². The van der Waals surface area contributed by atoms with E-state index in [0.717, 1.165) is 12.1 Å². The van der Waals surface area contributed by atoms with Crippen molar-refractivity contribution >= 4 is 23.2 Å². The Morgan fingerprint density at radius 3 is 2.53 bits per heavy atom. The second-order valence-corrected chi connectivity index (χ2v) is 3.64. The van der Waals surface area contributed by atoms with E-state index in [2.05, 4.69) is 0 Å². The van der Waals surface area contributed by atoms with Crippen LogP contribution in [0.1, 0.15) is 19.8 Å². The highest BCUT2D eigenvalue weighted by Crippen LogP contribution is 2.14. The third-order valence-electron chi connectivity index (χ3n) is 2.21. The van der Waals surface area contributed by atoms with Crippen LogP contribution in [0.5, 0.6) is 0 Å². The fourth-order valence-corrected chi connectivity index (χ4v) is 1.60. The van der Waals surface area contributed by atoms with E-state index in [-0.39, 0.29) is 5.91 Å². The van der Waals surface area contributed by atoms with Gasteiger partial charge >= 0.3 is 0 Å². The first-order chi connectivity index (χ1) is 7.29. The van der Waals surface area contributed by atoms with Crippen LogP contribution >= 0.6 is 11.6 Å². The number of rotatable bonds is 5. The molecule has 0 bridgehead atoms. The molecule has 2 nitrogen and oxygen atoms in total. The van der Waals surface area contributed by atoms with E-state index in [1.54, 1.807) is 4.90 Å². The first-order valence-corrected chi connectivity index (χ1v) is 5.74. The van der Waals surface area contributed by atoms with Crippen LogP contribution in [0, 0.1) is 0 Å². The molecule has 0 aliphatic carbocycles. The molecule has 0 heterocycles. The molecule has 0 N–H and O–H groups in total. The van der Waals surface area contributed by atoms with Crippen LogP contribution in [0.4, 0.5) is 5.69 Å². The highest BCUT2D eigenvalue weighted by atomic mass is 35.5. The van der Waals surface area contributed by atoms with Gasteiger partial charge in [0.15, 0.2) is 0 Å². The Balaban J connectivity index is 2.67. The number of benzene rings is 1. The molecule has 3 heteroatoms. The summed E-state index contributed by atoms with van der Waals surface area (Å²) < 4.78 is 0. The summed E-state index contributed by atoms with van der Waals surface area (Å²) in [7, 11) is 0. The predicted octanol–water partition coefficient (Wildman–Crippen LogP) is 3.06. The summed E-state index contributed by atoms with van der Waals surface area (Å²) in [5.74, 6) is 0.683. The third kappa shape index (κ3) is 3.56. The molecule has 0 radical (unpaired) electrons. The van der Waals surface area contributed by atoms with Crippen molar-refractivity contribution in [3.8, 4) is 0 Å². The lowest BCUT2D eigenvalue weighted by molar-refractivity contribution is -0.118. The number of hydrogen-bond acceptors (Lipinski definition) is 1. The number of para-hydroxylation sites is 1. The number of hydrogen-bond donors (Lipinski definition) is 0. The van der Waals surface area contributed by atoms with Crippen LogP contribution in [0.25, 0.3) is 0 Å². The molecular formula is C12H16ClNO. The summed E-state index contributed by atoms with van der Waals surface area (Å²) in [5.41, 5.74) is 0.958. The second kappa shape index (κ2) is 6.46. The van der Waals surface area contributed by atoms with Crippen LogP contribution in [0.3, 0.4) is 0 Å². The zero-order chi connectivity index (χ0) is 11.1. The van der Waals surface area contributed by atoms with Crippen LogP contribution < -0.4 is 4.90 Å². The Morgan fingerprint density at radius 2 is 2.00 bits per heavy atom. The minimum Gasteiger partial charge on any atom is -0.313 e. The van der Waals surface area contributed by atoms with Gasteiger partial charge in [0.05, 0.1) is 0 Å². The maximum atomic E-state index is 11.8. The largest absolute Gasteiger partial charge is 0.313 e. The van der Waals surface area contributed by atoms with E-state index in [0.29, 0.717) is 18.8 Å². The smallest absolute Gasteiger partial charge is 0.227 e. The van der Waals surface area contributed by atoms with E-state index >= 15 is 0 Å². The molecule has 0 aliphatic rings.